The van der Waals surface area contributed by atoms with Gasteiger partial charge >= 0.3 is 0 Å². The lowest BCUT2D eigenvalue weighted by atomic mass is 10.2. The number of benzene rings is 1. The molecule has 3 rings (SSSR count). The van der Waals surface area contributed by atoms with Gasteiger partial charge in [-0.25, -0.2) is 0 Å². The van der Waals surface area contributed by atoms with Gasteiger partial charge in [-0.05, 0) is 18.2 Å². The summed E-state index contributed by atoms with van der Waals surface area (Å²) in [4.78, 5) is 25.2. The lowest BCUT2D eigenvalue weighted by molar-refractivity contribution is -0.129. The van der Waals surface area contributed by atoms with E-state index < -0.39 is 0 Å². The molecule has 2 N–H and O–H groups in total. The van der Waals surface area contributed by atoms with Crippen molar-refractivity contribution in [1.82, 2.24) is 15.1 Å². The molecule has 0 saturated heterocycles. The molecule has 0 saturated carbocycles. The van der Waals surface area contributed by atoms with Crippen molar-refractivity contribution in [2.45, 2.75) is 20.0 Å². The minimum absolute atomic E-state index is 0.0138. The van der Waals surface area contributed by atoms with E-state index in [-0.39, 0.29) is 11.8 Å². The number of nitrogens with one attached hydrogen (secondary N) is 2. The van der Waals surface area contributed by atoms with E-state index in [0.29, 0.717) is 29.5 Å². The van der Waals surface area contributed by atoms with Crippen LogP contribution in [0, 0.1) is 0 Å². The first-order chi connectivity index (χ1) is 10.0. The first-order valence-electron chi connectivity index (χ1n) is 6.43. The Balaban J connectivity index is 1.79. The van der Waals surface area contributed by atoms with Gasteiger partial charge in [0.15, 0.2) is 0 Å². The van der Waals surface area contributed by atoms with Gasteiger partial charge in [-0.15, -0.1) is 0 Å². The van der Waals surface area contributed by atoms with Crippen LogP contribution >= 0.6 is 11.6 Å². The summed E-state index contributed by atoms with van der Waals surface area (Å²) in [5, 5.41) is 10.2. The molecule has 1 aromatic heterocycles. The zero-order valence-electron chi connectivity index (χ0n) is 11.3. The Labute approximate surface area is 126 Å². The summed E-state index contributed by atoms with van der Waals surface area (Å²) in [5.74, 6) is 0.240. The smallest absolute Gasteiger partial charge is 0.256 e. The topological polar surface area (TPSA) is 78.1 Å². The summed E-state index contributed by atoms with van der Waals surface area (Å²) in [6, 6.07) is 6.69. The van der Waals surface area contributed by atoms with Crippen molar-refractivity contribution in [3.8, 4) is 0 Å². The molecule has 1 aromatic carbocycles. The highest BCUT2D eigenvalue weighted by atomic mass is 35.5. The van der Waals surface area contributed by atoms with Gasteiger partial charge in [0.1, 0.15) is 5.82 Å². The second-order valence-corrected chi connectivity index (χ2v) is 5.30. The van der Waals surface area contributed by atoms with Crippen LogP contribution in [0.25, 0.3) is 0 Å². The SMILES string of the molecule is CC(=O)N1Cc2n[nH]c(NC(=O)c3cccc(Cl)c3)c2C1. The molecule has 21 heavy (non-hydrogen) atoms. The largest absolute Gasteiger partial charge is 0.332 e. The van der Waals surface area contributed by atoms with Gasteiger partial charge in [-0.1, -0.05) is 17.7 Å². The highest BCUT2D eigenvalue weighted by molar-refractivity contribution is 6.31. The summed E-state index contributed by atoms with van der Waals surface area (Å²) >= 11 is 5.87. The molecule has 0 spiro atoms. The van der Waals surface area contributed by atoms with Crippen molar-refractivity contribution in [1.29, 1.82) is 0 Å². The first-order valence-corrected chi connectivity index (χ1v) is 6.81. The number of rotatable bonds is 2. The summed E-state index contributed by atoms with van der Waals surface area (Å²) < 4.78 is 0. The second kappa shape index (κ2) is 5.21. The number of fused-ring (bicyclic) bond motifs is 1. The summed E-state index contributed by atoms with van der Waals surface area (Å²) in [6.07, 6.45) is 0. The number of amides is 2. The highest BCUT2D eigenvalue weighted by Gasteiger charge is 2.27. The van der Waals surface area contributed by atoms with E-state index >= 15 is 0 Å². The van der Waals surface area contributed by atoms with Gasteiger partial charge in [0.05, 0.1) is 18.8 Å². The average Bonchev–Trinajstić information content (AvgIpc) is 3.01. The molecule has 0 radical (unpaired) electrons. The van der Waals surface area contributed by atoms with Crippen LogP contribution in [0.1, 0.15) is 28.5 Å². The number of hydrogen-bond acceptors (Lipinski definition) is 3. The van der Waals surface area contributed by atoms with Crippen LogP contribution in [0.3, 0.4) is 0 Å². The minimum atomic E-state index is -0.273. The molecular weight excluding hydrogens is 292 g/mol. The summed E-state index contributed by atoms with van der Waals surface area (Å²) in [7, 11) is 0. The van der Waals surface area contributed by atoms with Crippen LogP contribution in [0.4, 0.5) is 5.82 Å². The van der Waals surface area contributed by atoms with Crippen LogP contribution in [0.5, 0.6) is 0 Å². The zero-order valence-corrected chi connectivity index (χ0v) is 12.1. The molecule has 0 atom stereocenters. The third-order valence-electron chi connectivity index (χ3n) is 3.41. The minimum Gasteiger partial charge on any atom is -0.332 e. The molecule has 2 aromatic rings. The van der Waals surface area contributed by atoms with Gasteiger partial charge in [0.2, 0.25) is 5.91 Å². The highest BCUT2D eigenvalue weighted by Crippen LogP contribution is 2.27. The monoisotopic (exact) mass is 304 g/mol. The van der Waals surface area contributed by atoms with Crippen LogP contribution in [-0.2, 0) is 17.9 Å². The van der Waals surface area contributed by atoms with Crippen LogP contribution < -0.4 is 5.32 Å². The molecule has 108 valence electrons. The number of carbonyl (C=O) groups is 2. The molecule has 7 heteroatoms. The number of halogens is 1. The van der Waals surface area contributed by atoms with E-state index in [1.807, 2.05) is 0 Å². The summed E-state index contributed by atoms with van der Waals surface area (Å²) in [6.45, 7) is 2.43. The van der Waals surface area contributed by atoms with E-state index in [0.717, 1.165) is 11.3 Å². The standard InChI is InChI=1S/C14H13ClN4O2/c1-8(20)19-6-11-12(7-19)17-18-13(11)16-14(21)9-3-2-4-10(15)5-9/h2-5H,6-7H2,1H3,(H2,16,17,18,21). The predicted octanol–water partition coefficient (Wildman–Crippen LogP) is 2.18. The molecule has 2 amide bonds. The third kappa shape index (κ3) is 2.62. The van der Waals surface area contributed by atoms with Gasteiger partial charge < -0.3 is 10.2 Å². The lowest BCUT2D eigenvalue weighted by Crippen LogP contribution is -2.23. The maximum absolute atomic E-state index is 12.2. The first kappa shape index (κ1) is 13.6. The number of nitrogens with zero attached hydrogens (tertiary/aromatic N) is 2. The second-order valence-electron chi connectivity index (χ2n) is 4.86. The van der Waals surface area contributed by atoms with E-state index in [2.05, 4.69) is 15.5 Å². The van der Waals surface area contributed by atoms with Crippen molar-refractivity contribution < 1.29 is 9.59 Å². The normalized spacial score (nSPS) is 13.1. The Hall–Kier alpha value is -2.34. The van der Waals surface area contributed by atoms with Crippen molar-refractivity contribution in [2.24, 2.45) is 0 Å². The van der Waals surface area contributed by atoms with E-state index in [1.54, 1.807) is 29.2 Å². The van der Waals surface area contributed by atoms with Crippen LogP contribution in [0.2, 0.25) is 5.02 Å². The quantitative estimate of drug-likeness (QED) is 0.892. The molecule has 1 aliphatic rings. The third-order valence-corrected chi connectivity index (χ3v) is 3.65. The number of anilines is 1. The number of hydrogen-bond donors (Lipinski definition) is 2. The van der Waals surface area contributed by atoms with Crippen molar-refractivity contribution >= 4 is 29.2 Å². The average molecular weight is 305 g/mol. The number of aromatic nitrogens is 2. The van der Waals surface area contributed by atoms with Gasteiger partial charge in [0, 0.05) is 23.1 Å². The molecule has 0 unspecified atom stereocenters. The van der Waals surface area contributed by atoms with E-state index in [1.165, 1.54) is 6.92 Å². The van der Waals surface area contributed by atoms with Gasteiger partial charge in [-0.3, -0.25) is 14.7 Å². The maximum Gasteiger partial charge on any atom is 0.256 e. The van der Waals surface area contributed by atoms with Gasteiger partial charge in [-0.2, -0.15) is 5.10 Å². The zero-order chi connectivity index (χ0) is 15.0. The van der Waals surface area contributed by atoms with Crippen molar-refractivity contribution in [3.05, 3.63) is 46.1 Å². The Morgan fingerprint density at radius 3 is 2.90 bits per heavy atom. The fourth-order valence-electron chi connectivity index (χ4n) is 2.27. The Bertz CT molecular complexity index is 726. The predicted molar refractivity (Wildman–Crippen MR) is 77.9 cm³/mol. The van der Waals surface area contributed by atoms with Crippen molar-refractivity contribution in [2.75, 3.05) is 5.32 Å². The molecular formula is C14H13ClN4O2. The van der Waals surface area contributed by atoms with Crippen molar-refractivity contribution in [3.63, 3.8) is 0 Å². The van der Waals surface area contributed by atoms with Crippen LogP contribution in [-0.4, -0.2) is 26.9 Å². The fourth-order valence-corrected chi connectivity index (χ4v) is 2.46. The van der Waals surface area contributed by atoms with Gasteiger partial charge in [0.25, 0.3) is 5.91 Å². The lowest BCUT2D eigenvalue weighted by Gasteiger charge is -2.12. The molecule has 0 aliphatic carbocycles. The summed E-state index contributed by atoms with van der Waals surface area (Å²) in [5.41, 5.74) is 2.10. The van der Waals surface area contributed by atoms with E-state index in [4.69, 9.17) is 11.6 Å². The molecule has 0 bridgehead atoms. The molecule has 1 aliphatic heterocycles. The number of aromatic amines is 1. The molecule has 6 nitrogen and oxygen atoms in total. The number of carbonyl (C=O) groups excluding carboxylic acids is 2. The fraction of sp³-hybridized carbons (Fsp3) is 0.214. The Morgan fingerprint density at radius 2 is 2.19 bits per heavy atom. The Morgan fingerprint density at radius 1 is 1.38 bits per heavy atom. The Kier molecular flexibility index (Phi) is 3.39. The maximum atomic E-state index is 12.2. The van der Waals surface area contributed by atoms with E-state index in [9.17, 15) is 9.59 Å². The molecule has 2 heterocycles. The number of H-pyrrole nitrogens is 1. The van der Waals surface area contributed by atoms with Crippen LogP contribution in [0.15, 0.2) is 24.3 Å². The molecule has 0 fully saturated rings.